The maximum Gasteiger partial charge on any atom is 0.0685 e. The lowest BCUT2D eigenvalue weighted by Crippen LogP contribution is -2.44. The molecule has 1 atom stereocenters. The number of hydrogen-bond donors (Lipinski definition) is 1. The summed E-state index contributed by atoms with van der Waals surface area (Å²) in [6, 6.07) is 10.9. The molecule has 0 aliphatic carbocycles. The molecule has 0 spiro atoms. The van der Waals surface area contributed by atoms with Crippen molar-refractivity contribution in [1.82, 2.24) is 10.4 Å². The van der Waals surface area contributed by atoms with Crippen molar-refractivity contribution >= 4 is 0 Å². The lowest BCUT2D eigenvalue weighted by atomic mass is 10.0. The van der Waals surface area contributed by atoms with E-state index in [0.717, 1.165) is 13.2 Å². The quantitative estimate of drug-likeness (QED) is 0.834. The first kappa shape index (κ1) is 20.1. The molecule has 1 aliphatic rings. The summed E-state index contributed by atoms with van der Waals surface area (Å²) in [5.74, 6) is 0. The van der Waals surface area contributed by atoms with Crippen molar-refractivity contribution in [1.29, 1.82) is 0 Å². The molecule has 132 valence electrons. The van der Waals surface area contributed by atoms with Gasteiger partial charge in [0.05, 0.1) is 6.61 Å². The van der Waals surface area contributed by atoms with E-state index < -0.39 is 0 Å². The maximum atomic E-state index is 5.48. The molecular formula is C20H36N2O. The van der Waals surface area contributed by atoms with Crippen LogP contribution in [0.5, 0.6) is 0 Å². The van der Waals surface area contributed by atoms with Crippen LogP contribution < -0.4 is 5.32 Å². The molecule has 0 amide bonds. The average molecular weight is 321 g/mol. The molecule has 1 aliphatic heterocycles. The van der Waals surface area contributed by atoms with Gasteiger partial charge < -0.3 is 5.32 Å². The first-order valence-electron chi connectivity index (χ1n) is 8.83. The Bertz CT molecular complexity index is 425. The number of nitrogens with zero attached hydrogens (tertiary/aromatic N) is 1. The van der Waals surface area contributed by atoms with Crippen LogP contribution in [0.1, 0.15) is 72.9 Å². The highest BCUT2D eigenvalue weighted by molar-refractivity contribution is 5.18. The van der Waals surface area contributed by atoms with Gasteiger partial charge in [-0.3, -0.25) is 4.84 Å². The molecule has 1 aromatic carbocycles. The van der Waals surface area contributed by atoms with E-state index in [9.17, 15) is 0 Å². The summed E-state index contributed by atoms with van der Waals surface area (Å²) in [5, 5.41) is 5.62. The average Bonchev–Trinajstić information content (AvgIpc) is 2.47. The van der Waals surface area contributed by atoms with E-state index >= 15 is 0 Å². The van der Waals surface area contributed by atoms with Crippen molar-refractivity contribution in [2.45, 2.75) is 78.4 Å². The molecular weight excluding hydrogens is 284 g/mol. The Balaban J connectivity index is 0.000000238. The van der Waals surface area contributed by atoms with E-state index in [-0.39, 0.29) is 11.1 Å². The van der Waals surface area contributed by atoms with Crippen LogP contribution in [-0.2, 0) is 4.84 Å². The van der Waals surface area contributed by atoms with Crippen molar-refractivity contribution < 1.29 is 4.84 Å². The molecule has 1 N–H and O–H groups in total. The van der Waals surface area contributed by atoms with Crippen molar-refractivity contribution in [3.8, 4) is 0 Å². The molecule has 0 radical (unpaired) electrons. The Morgan fingerprint density at radius 2 is 1.61 bits per heavy atom. The van der Waals surface area contributed by atoms with E-state index in [4.69, 9.17) is 4.84 Å². The molecule has 0 saturated carbocycles. The molecule has 3 heteroatoms. The minimum Gasteiger partial charge on any atom is -0.306 e. The van der Waals surface area contributed by atoms with Crippen molar-refractivity contribution in [3.63, 3.8) is 0 Å². The SMILES string of the molecule is CC(C)(C)N1CCCCO1.CC(NC(C)(C)C)c1ccccc1. The first-order valence-corrected chi connectivity index (χ1v) is 8.83. The van der Waals surface area contributed by atoms with Gasteiger partial charge in [-0.05, 0) is 66.9 Å². The van der Waals surface area contributed by atoms with Gasteiger partial charge in [-0.25, -0.2) is 0 Å². The normalized spacial score (nSPS) is 18.0. The zero-order valence-electron chi connectivity index (χ0n) is 16.1. The van der Waals surface area contributed by atoms with Crippen molar-refractivity contribution in [3.05, 3.63) is 35.9 Å². The number of nitrogens with one attached hydrogen (secondary N) is 1. The molecule has 1 heterocycles. The van der Waals surface area contributed by atoms with Gasteiger partial charge in [-0.1, -0.05) is 30.3 Å². The van der Waals surface area contributed by atoms with Gasteiger partial charge in [-0.2, -0.15) is 5.06 Å². The van der Waals surface area contributed by atoms with E-state index in [1.54, 1.807) is 0 Å². The topological polar surface area (TPSA) is 24.5 Å². The highest BCUT2D eigenvalue weighted by Crippen LogP contribution is 2.18. The molecule has 1 fully saturated rings. The predicted molar refractivity (Wildman–Crippen MR) is 99.4 cm³/mol. The lowest BCUT2D eigenvalue weighted by molar-refractivity contribution is -0.227. The van der Waals surface area contributed by atoms with Gasteiger partial charge in [0.2, 0.25) is 0 Å². The third-order valence-corrected chi connectivity index (χ3v) is 3.70. The first-order chi connectivity index (χ1) is 10.6. The number of benzene rings is 1. The van der Waals surface area contributed by atoms with Crippen molar-refractivity contribution in [2.75, 3.05) is 13.2 Å². The second kappa shape index (κ2) is 8.81. The van der Waals surface area contributed by atoms with Crippen LogP contribution in [-0.4, -0.2) is 29.3 Å². The van der Waals surface area contributed by atoms with Crippen LogP contribution in [0.3, 0.4) is 0 Å². The lowest BCUT2D eigenvalue weighted by Gasteiger charge is -2.36. The molecule has 1 unspecified atom stereocenters. The van der Waals surface area contributed by atoms with E-state index in [0.29, 0.717) is 6.04 Å². The largest absolute Gasteiger partial charge is 0.306 e. The fraction of sp³-hybridized carbons (Fsp3) is 0.700. The zero-order chi connectivity index (χ0) is 17.5. The minimum absolute atomic E-state index is 0.176. The van der Waals surface area contributed by atoms with Gasteiger partial charge in [-0.15, -0.1) is 0 Å². The number of hydrogen-bond acceptors (Lipinski definition) is 3. The summed E-state index contributed by atoms with van der Waals surface area (Å²) in [6.45, 7) is 17.3. The fourth-order valence-corrected chi connectivity index (χ4v) is 2.60. The third kappa shape index (κ3) is 8.50. The monoisotopic (exact) mass is 320 g/mol. The molecule has 1 saturated heterocycles. The summed E-state index contributed by atoms with van der Waals surface area (Å²) >= 11 is 0. The number of hydroxylamine groups is 2. The molecule has 2 rings (SSSR count). The Morgan fingerprint density at radius 1 is 1.00 bits per heavy atom. The van der Waals surface area contributed by atoms with Gasteiger partial charge in [0.15, 0.2) is 0 Å². The van der Waals surface area contributed by atoms with Crippen LogP contribution in [0, 0.1) is 0 Å². The van der Waals surface area contributed by atoms with Gasteiger partial charge in [0.1, 0.15) is 0 Å². The summed E-state index contributed by atoms with van der Waals surface area (Å²) in [7, 11) is 0. The molecule has 0 aromatic heterocycles. The standard InChI is InChI=1S/C12H19N.C8H17NO/c1-10(13-12(2,3)4)11-8-6-5-7-9-11;1-8(2,3)9-6-4-5-7-10-9/h5-10,13H,1-4H3;4-7H2,1-3H3. The Kier molecular flexibility index (Phi) is 7.72. The van der Waals surface area contributed by atoms with Gasteiger partial charge in [0.25, 0.3) is 0 Å². The summed E-state index contributed by atoms with van der Waals surface area (Å²) in [4.78, 5) is 5.48. The zero-order valence-corrected chi connectivity index (χ0v) is 16.1. The van der Waals surface area contributed by atoms with E-state index in [2.05, 4.69) is 83.1 Å². The van der Waals surface area contributed by atoms with Crippen LogP contribution in [0.25, 0.3) is 0 Å². The van der Waals surface area contributed by atoms with E-state index in [1.807, 2.05) is 6.07 Å². The minimum atomic E-state index is 0.176. The van der Waals surface area contributed by atoms with Crippen LogP contribution in [0.15, 0.2) is 30.3 Å². The molecule has 23 heavy (non-hydrogen) atoms. The Hall–Kier alpha value is -0.900. The van der Waals surface area contributed by atoms with E-state index in [1.165, 1.54) is 18.4 Å². The summed E-state index contributed by atoms with van der Waals surface area (Å²) in [5.41, 5.74) is 1.70. The van der Waals surface area contributed by atoms with Gasteiger partial charge in [0, 0.05) is 23.7 Å². The van der Waals surface area contributed by atoms with Crippen molar-refractivity contribution in [2.24, 2.45) is 0 Å². The Morgan fingerprint density at radius 3 is 2.00 bits per heavy atom. The van der Waals surface area contributed by atoms with Crippen LogP contribution >= 0.6 is 0 Å². The summed E-state index contributed by atoms with van der Waals surface area (Å²) < 4.78 is 0. The second-order valence-electron chi connectivity index (χ2n) is 8.34. The maximum absolute atomic E-state index is 5.48. The molecule has 3 nitrogen and oxygen atoms in total. The third-order valence-electron chi connectivity index (χ3n) is 3.70. The van der Waals surface area contributed by atoms with Crippen LogP contribution in [0.4, 0.5) is 0 Å². The highest BCUT2D eigenvalue weighted by Gasteiger charge is 2.23. The highest BCUT2D eigenvalue weighted by atomic mass is 16.7. The smallest absolute Gasteiger partial charge is 0.0685 e. The number of rotatable bonds is 2. The molecule has 1 aromatic rings. The molecule has 0 bridgehead atoms. The predicted octanol–water partition coefficient (Wildman–Crippen LogP) is 4.95. The second-order valence-corrected chi connectivity index (χ2v) is 8.34. The van der Waals surface area contributed by atoms with Gasteiger partial charge >= 0.3 is 0 Å². The fourth-order valence-electron chi connectivity index (χ4n) is 2.60. The summed E-state index contributed by atoms with van der Waals surface area (Å²) in [6.07, 6.45) is 2.49. The Labute approximate surface area is 143 Å². The van der Waals surface area contributed by atoms with Crippen LogP contribution in [0.2, 0.25) is 0 Å².